The Balaban J connectivity index is 2.46. The second kappa shape index (κ2) is 3.63. The molecule has 5 heteroatoms. The molecule has 4 nitrogen and oxygen atoms in total. The number of benzene rings is 1. The average molecular weight is 196 g/mol. The quantitative estimate of drug-likeness (QED) is 0.769. The van der Waals surface area contributed by atoms with Crippen LogP contribution in [0.3, 0.4) is 0 Å². The van der Waals surface area contributed by atoms with Crippen LogP contribution < -0.4 is 10.2 Å². The number of aliphatic imine (C=N–C) groups is 1. The van der Waals surface area contributed by atoms with Crippen molar-refractivity contribution in [3.63, 3.8) is 0 Å². The maximum absolute atomic E-state index is 13.3. The lowest BCUT2D eigenvalue weighted by Crippen LogP contribution is -2.18. The first-order valence-corrected chi connectivity index (χ1v) is 4.08. The Bertz CT molecular complexity index is 379. The van der Waals surface area contributed by atoms with Crippen LogP contribution in [0.25, 0.3) is 0 Å². The highest BCUT2D eigenvalue weighted by Crippen LogP contribution is 2.22. The Labute approximate surface area is 80.3 Å². The second-order valence-corrected chi connectivity index (χ2v) is 2.70. The molecule has 0 saturated carbocycles. The van der Waals surface area contributed by atoms with E-state index >= 15 is 0 Å². The first-order chi connectivity index (χ1) is 6.83. The zero-order chi connectivity index (χ0) is 9.97. The molecule has 0 aromatic heterocycles. The Morgan fingerprint density at radius 3 is 3.07 bits per heavy atom. The number of hydrogen-bond donors (Lipinski definition) is 1. The zero-order valence-electron chi connectivity index (χ0n) is 7.58. The number of rotatable bonds is 2. The van der Waals surface area contributed by atoms with Gasteiger partial charge in [0.1, 0.15) is 0 Å². The lowest BCUT2D eigenvalue weighted by molar-refractivity contribution is 0.115. The number of nitrogens with one attached hydrogen (secondary N) is 1. The molecule has 1 aliphatic rings. The third kappa shape index (κ3) is 1.42. The average Bonchev–Trinajstić information content (AvgIpc) is 2.70. The first kappa shape index (κ1) is 8.96. The Morgan fingerprint density at radius 1 is 1.57 bits per heavy atom. The molecule has 0 atom stereocenters. The largest absolute Gasteiger partial charge is 0.493 e. The standard InChI is InChI=1S/C9H9FN2O2/c1-13-8-6(3-2-4-7(8)10)9-11-5-14-12-9/h2-4H,5H2,1H3,(H,11,12). The summed E-state index contributed by atoms with van der Waals surface area (Å²) in [5.74, 6) is 0.243. The molecule has 0 unspecified atom stereocenters. The predicted molar refractivity (Wildman–Crippen MR) is 48.6 cm³/mol. The fourth-order valence-corrected chi connectivity index (χ4v) is 1.27. The van der Waals surface area contributed by atoms with Crippen molar-refractivity contribution in [3.8, 4) is 5.75 Å². The van der Waals surface area contributed by atoms with Crippen LogP contribution in [-0.4, -0.2) is 19.7 Å². The van der Waals surface area contributed by atoms with Gasteiger partial charge < -0.3 is 4.74 Å². The first-order valence-electron chi connectivity index (χ1n) is 4.08. The number of hydrogen-bond acceptors (Lipinski definition) is 4. The van der Waals surface area contributed by atoms with Gasteiger partial charge in [-0.05, 0) is 12.1 Å². The minimum atomic E-state index is -0.415. The van der Waals surface area contributed by atoms with Gasteiger partial charge in [0, 0.05) is 0 Å². The number of hydroxylamine groups is 1. The van der Waals surface area contributed by atoms with E-state index in [9.17, 15) is 4.39 Å². The Hall–Kier alpha value is -1.62. The van der Waals surface area contributed by atoms with Crippen LogP contribution in [0.5, 0.6) is 5.75 Å². The third-order valence-electron chi connectivity index (χ3n) is 1.88. The predicted octanol–water partition coefficient (Wildman–Crippen LogP) is 1.07. The summed E-state index contributed by atoms with van der Waals surface area (Å²) in [7, 11) is 1.41. The maximum atomic E-state index is 13.3. The molecule has 0 spiro atoms. The highest BCUT2D eigenvalue weighted by molar-refractivity contribution is 6.01. The molecule has 1 N–H and O–H groups in total. The summed E-state index contributed by atoms with van der Waals surface area (Å²) in [6.07, 6.45) is 0. The van der Waals surface area contributed by atoms with E-state index in [-0.39, 0.29) is 12.5 Å². The second-order valence-electron chi connectivity index (χ2n) is 2.70. The van der Waals surface area contributed by atoms with Crippen molar-refractivity contribution >= 4 is 5.84 Å². The molecule has 2 rings (SSSR count). The van der Waals surface area contributed by atoms with Gasteiger partial charge in [-0.2, -0.15) is 0 Å². The van der Waals surface area contributed by atoms with Crippen molar-refractivity contribution in [2.24, 2.45) is 4.99 Å². The number of ether oxygens (including phenoxy) is 1. The number of halogens is 1. The number of methoxy groups -OCH3 is 1. The molecule has 0 bridgehead atoms. The number of para-hydroxylation sites is 1. The molecule has 14 heavy (non-hydrogen) atoms. The van der Waals surface area contributed by atoms with Crippen molar-refractivity contribution in [1.82, 2.24) is 5.48 Å². The van der Waals surface area contributed by atoms with Crippen LogP contribution in [0.2, 0.25) is 0 Å². The molecule has 0 saturated heterocycles. The van der Waals surface area contributed by atoms with Crippen LogP contribution in [0, 0.1) is 5.82 Å². The minimum Gasteiger partial charge on any atom is -0.493 e. The summed E-state index contributed by atoms with van der Waals surface area (Å²) in [4.78, 5) is 8.81. The molecule has 0 aliphatic carbocycles. The van der Waals surface area contributed by atoms with Crippen molar-refractivity contribution in [1.29, 1.82) is 0 Å². The highest BCUT2D eigenvalue weighted by atomic mass is 19.1. The van der Waals surface area contributed by atoms with Gasteiger partial charge in [-0.15, -0.1) is 0 Å². The molecule has 1 heterocycles. The van der Waals surface area contributed by atoms with Crippen LogP contribution >= 0.6 is 0 Å². The van der Waals surface area contributed by atoms with E-state index in [4.69, 9.17) is 9.57 Å². The molecule has 74 valence electrons. The topological polar surface area (TPSA) is 42.9 Å². The van der Waals surface area contributed by atoms with Crippen molar-refractivity contribution in [2.45, 2.75) is 0 Å². The summed E-state index contributed by atoms with van der Waals surface area (Å²) >= 11 is 0. The smallest absolute Gasteiger partial charge is 0.167 e. The van der Waals surface area contributed by atoms with Gasteiger partial charge in [-0.1, -0.05) is 6.07 Å². The molecule has 1 aliphatic heterocycles. The molecular formula is C9H9FN2O2. The summed E-state index contributed by atoms with van der Waals surface area (Å²) in [5.41, 5.74) is 3.14. The molecular weight excluding hydrogens is 187 g/mol. The SMILES string of the molecule is COc1c(F)cccc1C1=NCON1. The summed E-state index contributed by atoms with van der Waals surface area (Å²) in [6, 6.07) is 4.64. The van der Waals surface area contributed by atoms with Crippen LogP contribution in [0.15, 0.2) is 23.2 Å². The maximum Gasteiger partial charge on any atom is 0.167 e. The van der Waals surface area contributed by atoms with Crippen molar-refractivity contribution in [2.75, 3.05) is 13.8 Å². The van der Waals surface area contributed by atoms with Crippen LogP contribution in [-0.2, 0) is 4.84 Å². The fourth-order valence-electron chi connectivity index (χ4n) is 1.27. The van der Waals surface area contributed by atoms with Crippen molar-refractivity contribution in [3.05, 3.63) is 29.6 Å². The molecule has 0 radical (unpaired) electrons. The van der Waals surface area contributed by atoms with E-state index in [2.05, 4.69) is 10.5 Å². The van der Waals surface area contributed by atoms with E-state index in [0.29, 0.717) is 11.4 Å². The van der Waals surface area contributed by atoms with Crippen molar-refractivity contribution < 1.29 is 14.0 Å². The highest BCUT2D eigenvalue weighted by Gasteiger charge is 2.16. The van der Waals surface area contributed by atoms with Gasteiger partial charge in [-0.3, -0.25) is 4.84 Å². The lowest BCUT2D eigenvalue weighted by atomic mass is 10.2. The van der Waals surface area contributed by atoms with E-state index in [1.54, 1.807) is 12.1 Å². The van der Waals surface area contributed by atoms with E-state index in [1.807, 2.05) is 0 Å². The fraction of sp³-hybridized carbons (Fsp3) is 0.222. The summed E-state index contributed by atoms with van der Waals surface area (Å²) < 4.78 is 18.2. The molecule has 1 aromatic rings. The molecule has 1 aromatic carbocycles. The Morgan fingerprint density at radius 2 is 2.43 bits per heavy atom. The van der Waals surface area contributed by atoms with E-state index in [0.717, 1.165) is 0 Å². The number of amidine groups is 1. The molecule has 0 fully saturated rings. The lowest BCUT2D eigenvalue weighted by Gasteiger charge is -2.08. The van der Waals surface area contributed by atoms with Gasteiger partial charge in [-0.25, -0.2) is 14.9 Å². The third-order valence-corrected chi connectivity index (χ3v) is 1.88. The van der Waals surface area contributed by atoms with Crippen LogP contribution in [0.1, 0.15) is 5.56 Å². The normalized spacial score (nSPS) is 14.9. The van der Waals surface area contributed by atoms with Gasteiger partial charge in [0.15, 0.2) is 24.1 Å². The van der Waals surface area contributed by atoms with Crippen LogP contribution in [0.4, 0.5) is 4.39 Å². The number of nitrogens with zero attached hydrogens (tertiary/aromatic N) is 1. The summed E-state index contributed by atoms with van der Waals surface area (Å²) in [5, 5.41) is 0. The van der Waals surface area contributed by atoms with Gasteiger partial charge in [0.2, 0.25) is 0 Å². The van der Waals surface area contributed by atoms with E-state index in [1.165, 1.54) is 13.2 Å². The van der Waals surface area contributed by atoms with Gasteiger partial charge in [0.05, 0.1) is 12.7 Å². The summed E-state index contributed by atoms with van der Waals surface area (Å²) in [6.45, 7) is 0.231. The molecule has 0 amide bonds. The van der Waals surface area contributed by atoms with Gasteiger partial charge >= 0.3 is 0 Å². The Kier molecular flexibility index (Phi) is 2.32. The monoisotopic (exact) mass is 196 g/mol. The zero-order valence-corrected chi connectivity index (χ0v) is 7.58. The van der Waals surface area contributed by atoms with Gasteiger partial charge in [0.25, 0.3) is 0 Å². The minimum absolute atomic E-state index is 0.171. The van der Waals surface area contributed by atoms with E-state index < -0.39 is 5.82 Å².